The molecule has 1 atom stereocenters. The minimum Gasteiger partial charge on any atom is -0.487 e. The third-order valence-corrected chi connectivity index (χ3v) is 6.69. The lowest BCUT2D eigenvalue weighted by Crippen LogP contribution is -2.41. The topological polar surface area (TPSA) is 89.3 Å². The molecule has 1 aromatic carbocycles. The number of ether oxygens (including phenoxy) is 1. The normalized spacial score (nSPS) is 19.3. The Balaban J connectivity index is 1.22. The Kier molecular flexibility index (Phi) is 6.00. The Morgan fingerprint density at radius 3 is 2.66 bits per heavy atom. The molecule has 5 rings (SSSR count). The summed E-state index contributed by atoms with van der Waals surface area (Å²) < 4.78 is 7.61. The van der Waals surface area contributed by atoms with Crippen LogP contribution in [-0.4, -0.2) is 44.8 Å². The number of nitrogens with one attached hydrogen (secondary N) is 1. The van der Waals surface area contributed by atoms with E-state index in [9.17, 15) is 9.59 Å². The molecule has 3 aromatic rings. The number of rotatable bonds is 7. The first-order valence-electron chi connectivity index (χ1n) is 10.9. The molecule has 0 bridgehead atoms. The summed E-state index contributed by atoms with van der Waals surface area (Å²) in [5, 5.41) is 14.6. The van der Waals surface area contributed by atoms with Crippen LogP contribution in [0.25, 0.3) is 11.3 Å². The molecule has 2 saturated heterocycles. The van der Waals surface area contributed by atoms with Gasteiger partial charge in [-0.2, -0.15) is 0 Å². The van der Waals surface area contributed by atoms with E-state index >= 15 is 0 Å². The summed E-state index contributed by atoms with van der Waals surface area (Å²) in [4.78, 5) is 26.0. The van der Waals surface area contributed by atoms with E-state index in [4.69, 9.17) is 4.74 Å². The minimum atomic E-state index is -0.518. The highest BCUT2D eigenvalue weighted by atomic mass is 32.1. The van der Waals surface area contributed by atoms with Crippen LogP contribution in [0.15, 0.2) is 41.2 Å². The molecule has 0 aliphatic carbocycles. The van der Waals surface area contributed by atoms with Crippen LogP contribution in [0.3, 0.4) is 0 Å². The van der Waals surface area contributed by atoms with Gasteiger partial charge in [0.05, 0.1) is 11.8 Å². The quantitative estimate of drug-likeness (QED) is 0.555. The van der Waals surface area contributed by atoms with Crippen LogP contribution in [0, 0.1) is 0 Å². The fourth-order valence-corrected chi connectivity index (χ4v) is 4.93. The fourth-order valence-electron chi connectivity index (χ4n) is 4.17. The molecular weight excluding hydrogens is 426 g/mol. The first-order valence-corrected chi connectivity index (χ1v) is 11.8. The zero-order chi connectivity index (χ0) is 21.9. The van der Waals surface area contributed by atoms with Gasteiger partial charge in [-0.25, -0.2) is 4.68 Å². The number of imide groups is 1. The maximum atomic E-state index is 12.1. The second-order valence-corrected chi connectivity index (χ2v) is 9.03. The molecule has 2 aliphatic heterocycles. The molecule has 4 heterocycles. The van der Waals surface area contributed by atoms with Crippen molar-refractivity contribution in [2.45, 2.75) is 44.9 Å². The molecule has 9 heteroatoms. The average molecular weight is 452 g/mol. The number of carbonyl (C=O) groups excluding carboxylic acids is 2. The number of hydrogen-bond acceptors (Lipinski definition) is 7. The van der Waals surface area contributed by atoms with Gasteiger partial charge in [0, 0.05) is 23.7 Å². The second-order valence-electron chi connectivity index (χ2n) is 8.29. The van der Waals surface area contributed by atoms with Gasteiger partial charge in [-0.15, -0.1) is 16.4 Å². The van der Waals surface area contributed by atoms with Gasteiger partial charge >= 0.3 is 0 Å². The maximum Gasteiger partial charge on any atom is 0.251 e. The Morgan fingerprint density at radius 2 is 1.88 bits per heavy atom. The van der Waals surface area contributed by atoms with Gasteiger partial charge < -0.3 is 4.74 Å². The lowest BCUT2D eigenvalue weighted by Gasteiger charge is -2.20. The number of thiophene rings is 1. The molecule has 2 fully saturated rings. The number of hydrogen-bond donors (Lipinski definition) is 1. The predicted molar refractivity (Wildman–Crippen MR) is 120 cm³/mol. The highest BCUT2D eigenvalue weighted by molar-refractivity contribution is 7.08. The molecule has 1 N–H and O–H groups in total. The van der Waals surface area contributed by atoms with E-state index in [2.05, 4.69) is 44.8 Å². The largest absolute Gasteiger partial charge is 0.487 e. The number of likely N-dealkylation sites (tertiary alicyclic amines) is 1. The fraction of sp³-hybridized carbons (Fsp3) is 0.391. The summed E-state index contributed by atoms with van der Waals surface area (Å²) in [7, 11) is 0. The van der Waals surface area contributed by atoms with E-state index in [-0.39, 0.29) is 11.8 Å². The SMILES string of the molecule is O=C1CCC(n2cc(-c3cscc3OCc3ccc(CN4CCCC4)cc3)nn2)C(=O)N1. The smallest absolute Gasteiger partial charge is 0.251 e. The lowest BCUT2D eigenvalue weighted by molar-refractivity contribution is -0.136. The van der Waals surface area contributed by atoms with Gasteiger partial charge in [0.25, 0.3) is 5.91 Å². The molecule has 1 unspecified atom stereocenters. The van der Waals surface area contributed by atoms with E-state index in [1.807, 2.05) is 10.8 Å². The van der Waals surface area contributed by atoms with Crippen LogP contribution in [0.5, 0.6) is 5.75 Å². The molecule has 2 aliphatic rings. The number of benzene rings is 1. The van der Waals surface area contributed by atoms with Crippen LogP contribution in [-0.2, 0) is 22.7 Å². The molecule has 8 nitrogen and oxygen atoms in total. The number of nitrogens with zero attached hydrogens (tertiary/aromatic N) is 4. The Morgan fingerprint density at radius 1 is 1.09 bits per heavy atom. The molecule has 32 heavy (non-hydrogen) atoms. The highest BCUT2D eigenvalue weighted by Crippen LogP contribution is 2.33. The zero-order valence-electron chi connectivity index (χ0n) is 17.7. The highest BCUT2D eigenvalue weighted by Gasteiger charge is 2.29. The summed E-state index contributed by atoms with van der Waals surface area (Å²) in [6, 6.07) is 8.08. The van der Waals surface area contributed by atoms with Crippen molar-refractivity contribution < 1.29 is 14.3 Å². The van der Waals surface area contributed by atoms with Gasteiger partial charge in [0.15, 0.2) is 0 Å². The van der Waals surface area contributed by atoms with E-state index in [0.717, 1.165) is 23.4 Å². The van der Waals surface area contributed by atoms with Gasteiger partial charge in [-0.3, -0.25) is 19.8 Å². The van der Waals surface area contributed by atoms with Gasteiger partial charge in [0.2, 0.25) is 5.91 Å². The van der Waals surface area contributed by atoms with Crippen molar-refractivity contribution >= 4 is 23.2 Å². The van der Waals surface area contributed by atoms with Crippen LogP contribution < -0.4 is 10.1 Å². The van der Waals surface area contributed by atoms with Crippen molar-refractivity contribution in [3.63, 3.8) is 0 Å². The minimum absolute atomic E-state index is 0.246. The van der Waals surface area contributed by atoms with Gasteiger partial charge in [-0.1, -0.05) is 29.5 Å². The van der Waals surface area contributed by atoms with Gasteiger partial charge in [-0.05, 0) is 43.5 Å². The monoisotopic (exact) mass is 451 g/mol. The van der Waals surface area contributed by atoms with Crippen molar-refractivity contribution in [2.75, 3.05) is 13.1 Å². The van der Waals surface area contributed by atoms with E-state index < -0.39 is 6.04 Å². The third-order valence-electron chi connectivity index (χ3n) is 5.96. The molecule has 166 valence electrons. The molecule has 2 aromatic heterocycles. The average Bonchev–Trinajstić information content (AvgIpc) is 3.55. The van der Waals surface area contributed by atoms with Crippen molar-refractivity contribution in [3.8, 4) is 17.0 Å². The second kappa shape index (κ2) is 9.22. The molecular formula is C23H25N5O3S. The summed E-state index contributed by atoms with van der Waals surface area (Å²) in [5.41, 5.74) is 3.93. The Bertz CT molecular complexity index is 1100. The summed E-state index contributed by atoms with van der Waals surface area (Å²) in [5.74, 6) is 0.156. The number of carbonyl (C=O) groups is 2. The molecule has 0 saturated carbocycles. The first-order chi connectivity index (χ1) is 15.7. The van der Waals surface area contributed by atoms with Gasteiger partial charge in [0.1, 0.15) is 24.1 Å². The van der Waals surface area contributed by atoms with Crippen LogP contribution in [0.4, 0.5) is 0 Å². The first kappa shape index (κ1) is 20.8. The molecule has 0 radical (unpaired) electrons. The van der Waals surface area contributed by atoms with E-state index in [1.165, 1.54) is 47.5 Å². The van der Waals surface area contributed by atoms with Crippen molar-refractivity contribution in [1.82, 2.24) is 25.2 Å². The molecule has 2 amide bonds. The van der Waals surface area contributed by atoms with Crippen LogP contribution >= 0.6 is 11.3 Å². The van der Waals surface area contributed by atoms with Crippen LogP contribution in [0.1, 0.15) is 42.9 Å². The maximum absolute atomic E-state index is 12.1. The summed E-state index contributed by atoms with van der Waals surface area (Å²) >= 11 is 1.53. The Hall–Kier alpha value is -3.04. The van der Waals surface area contributed by atoms with E-state index in [1.54, 1.807) is 6.20 Å². The summed E-state index contributed by atoms with van der Waals surface area (Å²) in [6.07, 6.45) is 5.07. The number of aromatic nitrogens is 3. The van der Waals surface area contributed by atoms with Crippen molar-refractivity contribution in [3.05, 3.63) is 52.3 Å². The third kappa shape index (κ3) is 4.58. The van der Waals surface area contributed by atoms with E-state index in [0.29, 0.717) is 25.1 Å². The number of amides is 2. The van der Waals surface area contributed by atoms with Crippen molar-refractivity contribution in [1.29, 1.82) is 0 Å². The number of piperidine rings is 1. The van der Waals surface area contributed by atoms with Crippen LogP contribution in [0.2, 0.25) is 0 Å². The lowest BCUT2D eigenvalue weighted by atomic mass is 10.1. The van der Waals surface area contributed by atoms with Crippen molar-refractivity contribution in [2.24, 2.45) is 0 Å². The standard InChI is InChI=1S/C23H25N5O3S/c29-22-8-7-20(23(30)24-22)28-12-19(25-26-28)18-14-32-15-21(18)31-13-17-5-3-16(4-6-17)11-27-9-1-2-10-27/h3-6,12,14-15,20H,1-2,7-11,13H2,(H,24,29,30). The summed E-state index contributed by atoms with van der Waals surface area (Å²) in [6.45, 7) is 3.87. The zero-order valence-corrected chi connectivity index (χ0v) is 18.5. The Labute approximate surface area is 190 Å². The molecule has 0 spiro atoms. The predicted octanol–water partition coefficient (Wildman–Crippen LogP) is 3.16.